The van der Waals surface area contributed by atoms with E-state index < -0.39 is 11.6 Å². The quantitative estimate of drug-likeness (QED) is 0.890. The largest absolute Gasteiger partial charge is 0.385 e. The Hall–Kier alpha value is -1.71. The number of aryl methyl sites for hydroxylation is 1. The molecular weight excluding hydrogens is 234 g/mol. The number of fused-ring (bicyclic) bond motifs is 1. The van der Waals surface area contributed by atoms with Crippen LogP contribution in [0.25, 0.3) is 10.9 Å². The number of halogens is 2. The van der Waals surface area contributed by atoms with Crippen molar-refractivity contribution in [3.8, 4) is 0 Å². The average Bonchev–Trinajstić information content (AvgIpc) is 2.28. The minimum absolute atomic E-state index is 0.359. The number of pyridine rings is 1. The number of benzene rings is 1. The first-order valence-corrected chi connectivity index (χ1v) is 6.18. The van der Waals surface area contributed by atoms with Crippen LogP contribution in [0.1, 0.15) is 26.0 Å². The maximum Gasteiger partial charge on any atom is 0.137 e. The lowest BCUT2D eigenvalue weighted by Gasteiger charge is -2.11. The van der Waals surface area contributed by atoms with Crippen LogP contribution in [-0.2, 0) is 6.42 Å². The van der Waals surface area contributed by atoms with Crippen LogP contribution < -0.4 is 5.32 Å². The summed E-state index contributed by atoms with van der Waals surface area (Å²) in [5.74, 6) is -1.17. The zero-order valence-electron chi connectivity index (χ0n) is 10.6. The lowest BCUT2D eigenvalue weighted by Crippen LogP contribution is -2.02. The Bertz CT molecular complexity index is 567. The van der Waals surface area contributed by atoms with Gasteiger partial charge in [-0.25, -0.2) is 8.78 Å². The fourth-order valence-corrected chi connectivity index (χ4v) is 2.05. The third kappa shape index (κ3) is 2.42. The first-order valence-electron chi connectivity index (χ1n) is 6.18. The average molecular weight is 250 g/mol. The van der Waals surface area contributed by atoms with Crippen LogP contribution in [0.5, 0.6) is 0 Å². The van der Waals surface area contributed by atoms with E-state index in [4.69, 9.17) is 0 Å². The third-order valence-electron chi connectivity index (χ3n) is 2.75. The molecule has 0 fully saturated rings. The predicted octanol–water partition coefficient (Wildman–Crippen LogP) is 3.90. The summed E-state index contributed by atoms with van der Waals surface area (Å²) in [5, 5.41) is 3.47. The molecule has 0 aliphatic rings. The van der Waals surface area contributed by atoms with Gasteiger partial charge in [-0.3, -0.25) is 4.98 Å². The topological polar surface area (TPSA) is 24.9 Å². The summed E-state index contributed by atoms with van der Waals surface area (Å²) in [7, 11) is 0. The van der Waals surface area contributed by atoms with Crippen molar-refractivity contribution in [1.82, 2.24) is 4.98 Å². The molecule has 2 nitrogen and oxygen atoms in total. The SMILES string of the molecule is CCCc1cc(NCC)c2c(F)cc(F)cc2n1. The van der Waals surface area contributed by atoms with Gasteiger partial charge in [-0.1, -0.05) is 13.3 Å². The molecular formula is C14H16F2N2. The van der Waals surface area contributed by atoms with Gasteiger partial charge >= 0.3 is 0 Å². The van der Waals surface area contributed by atoms with E-state index in [0.717, 1.165) is 24.6 Å². The van der Waals surface area contributed by atoms with Crippen molar-refractivity contribution >= 4 is 16.6 Å². The van der Waals surface area contributed by atoms with E-state index in [1.807, 2.05) is 19.9 Å². The van der Waals surface area contributed by atoms with Crippen LogP contribution in [0.4, 0.5) is 14.5 Å². The summed E-state index contributed by atoms with van der Waals surface area (Å²) in [6.45, 7) is 4.67. The summed E-state index contributed by atoms with van der Waals surface area (Å²) >= 11 is 0. The first-order chi connectivity index (χ1) is 8.65. The molecule has 0 saturated carbocycles. The van der Waals surface area contributed by atoms with E-state index in [9.17, 15) is 8.78 Å². The van der Waals surface area contributed by atoms with Gasteiger partial charge in [0.25, 0.3) is 0 Å². The minimum atomic E-state index is -0.594. The molecule has 0 spiro atoms. The number of hydrogen-bond acceptors (Lipinski definition) is 2. The van der Waals surface area contributed by atoms with E-state index in [2.05, 4.69) is 10.3 Å². The van der Waals surface area contributed by atoms with E-state index >= 15 is 0 Å². The van der Waals surface area contributed by atoms with Crippen LogP contribution in [0.15, 0.2) is 18.2 Å². The molecule has 0 amide bonds. The second kappa shape index (κ2) is 5.29. The monoisotopic (exact) mass is 250 g/mol. The molecule has 0 aliphatic carbocycles. The lowest BCUT2D eigenvalue weighted by molar-refractivity contribution is 0.591. The van der Waals surface area contributed by atoms with Crippen LogP contribution in [-0.4, -0.2) is 11.5 Å². The molecule has 0 radical (unpaired) electrons. The Balaban J connectivity index is 2.68. The Morgan fingerprint density at radius 2 is 1.94 bits per heavy atom. The van der Waals surface area contributed by atoms with Gasteiger partial charge in [0.15, 0.2) is 0 Å². The van der Waals surface area contributed by atoms with Crippen LogP contribution in [0.3, 0.4) is 0 Å². The Morgan fingerprint density at radius 1 is 1.17 bits per heavy atom. The van der Waals surface area contributed by atoms with E-state index in [1.54, 1.807) is 0 Å². The van der Waals surface area contributed by atoms with E-state index in [0.29, 0.717) is 23.1 Å². The Kier molecular flexibility index (Phi) is 3.75. The van der Waals surface area contributed by atoms with Crippen molar-refractivity contribution in [3.05, 3.63) is 35.5 Å². The molecule has 2 aromatic rings. The molecule has 1 N–H and O–H groups in total. The number of aromatic nitrogens is 1. The van der Waals surface area contributed by atoms with Crippen LogP contribution >= 0.6 is 0 Å². The lowest BCUT2D eigenvalue weighted by atomic mass is 10.1. The summed E-state index contributed by atoms with van der Waals surface area (Å²) in [6, 6.07) is 4.01. The molecule has 96 valence electrons. The molecule has 1 heterocycles. The van der Waals surface area contributed by atoms with Gasteiger partial charge in [-0.05, 0) is 19.4 Å². The molecule has 0 atom stereocenters. The normalized spacial score (nSPS) is 10.9. The first kappa shape index (κ1) is 12.7. The molecule has 0 unspecified atom stereocenters. The van der Waals surface area contributed by atoms with Crippen molar-refractivity contribution < 1.29 is 8.78 Å². The molecule has 2 rings (SSSR count). The van der Waals surface area contributed by atoms with Crippen molar-refractivity contribution in [1.29, 1.82) is 0 Å². The molecule has 0 saturated heterocycles. The van der Waals surface area contributed by atoms with E-state index in [-0.39, 0.29) is 0 Å². The Labute approximate surface area is 105 Å². The van der Waals surface area contributed by atoms with Gasteiger partial charge in [-0.15, -0.1) is 0 Å². The number of nitrogens with one attached hydrogen (secondary N) is 1. The highest BCUT2D eigenvalue weighted by atomic mass is 19.1. The highest BCUT2D eigenvalue weighted by molar-refractivity contribution is 5.92. The maximum absolute atomic E-state index is 13.8. The van der Waals surface area contributed by atoms with E-state index in [1.165, 1.54) is 6.07 Å². The Morgan fingerprint density at radius 3 is 2.61 bits per heavy atom. The number of hydrogen-bond donors (Lipinski definition) is 1. The fourth-order valence-electron chi connectivity index (χ4n) is 2.05. The molecule has 1 aromatic carbocycles. The second-order valence-corrected chi connectivity index (χ2v) is 4.22. The number of anilines is 1. The number of rotatable bonds is 4. The summed E-state index contributed by atoms with van der Waals surface area (Å²) in [4.78, 5) is 4.31. The zero-order chi connectivity index (χ0) is 13.1. The van der Waals surface area contributed by atoms with Crippen molar-refractivity contribution in [2.45, 2.75) is 26.7 Å². The molecule has 18 heavy (non-hydrogen) atoms. The standard InChI is InChI=1S/C14H16F2N2/c1-3-5-10-8-12(17-4-2)14-11(16)6-9(15)7-13(14)18-10/h6-8H,3-5H2,1-2H3,(H,17,18). The van der Waals surface area contributed by atoms with Gasteiger partial charge in [0, 0.05) is 30.1 Å². The molecule has 0 aliphatic heterocycles. The predicted molar refractivity (Wildman–Crippen MR) is 69.8 cm³/mol. The van der Waals surface area contributed by atoms with Crippen molar-refractivity contribution in [2.75, 3.05) is 11.9 Å². The smallest absolute Gasteiger partial charge is 0.137 e. The van der Waals surface area contributed by atoms with Gasteiger partial charge in [0.1, 0.15) is 11.6 Å². The molecule has 0 bridgehead atoms. The summed E-state index contributed by atoms with van der Waals surface area (Å²) < 4.78 is 27.1. The summed E-state index contributed by atoms with van der Waals surface area (Å²) in [6.07, 6.45) is 1.74. The highest BCUT2D eigenvalue weighted by Crippen LogP contribution is 2.27. The van der Waals surface area contributed by atoms with Gasteiger partial charge < -0.3 is 5.32 Å². The fraction of sp³-hybridized carbons (Fsp3) is 0.357. The van der Waals surface area contributed by atoms with Crippen molar-refractivity contribution in [3.63, 3.8) is 0 Å². The highest BCUT2D eigenvalue weighted by Gasteiger charge is 2.11. The van der Waals surface area contributed by atoms with Gasteiger partial charge in [0.2, 0.25) is 0 Å². The van der Waals surface area contributed by atoms with Crippen LogP contribution in [0, 0.1) is 11.6 Å². The third-order valence-corrected chi connectivity index (χ3v) is 2.75. The minimum Gasteiger partial charge on any atom is -0.385 e. The number of nitrogens with zero attached hydrogens (tertiary/aromatic N) is 1. The van der Waals surface area contributed by atoms with Crippen molar-refractivity contribution in [2.24, 2.45) is 0 Å². The maximum atomic E-state index is 13.8. The van der Waals surface area contributed by atoms with Crippen LogP contribution in [0.2, 0.25) is 0 Å². The van der Waals surface area contributed by atoms with Gasteiger partial charge in [0.05, 0.1) is 10.9 Å². The summed E-state index contributed by atoms with van der Waals surface area (Å²) in [5.41, 5.74) is 1.91. The molecule has 1 aromatic heterocycles. The zero-order valence-corrected chi connectivity index (χ0v) is 10.6. The molecule has 4 heteroatoms. The second-order valence-electron chi connectivity index (χ2n) is 4.22. The van der Waals surface area contributed by atoms with Gasteiger partial charge in [-0.2, -0.15) is 0 Å².